The van der Waals surface area contributed by atoms with Crippen LogP contribution >= 0.6 is 0 Å². The predicted octanol–water partition coefficient (Wildman–Crippen LogP) is 12.6. The van der Waals surface area contributed by atoms with E-state index in [1.54, 1.807) is 6.20 Å². The molecule has 0 radical (unpaired) electrons. The summed E-state index contributed by atoms with van der Waals surface area (Å²) in [6.45, 7) is 0. The maximum absolute atomic E-state index is 4.82. The van der Waals surface area contributed by atoms with Gasteiger partial charge in [-0.05, 0) is 99.0 Å². The highest BCUT2D eigenvalue weighted by molar-refractivity contribution is 6.32. The zero-order valence-electron chi connectivity index (χ0n) is 27.6. The van der Waals surface area contributed by atoms with E-state index in [9.17, 15) is 0 Å². The normalized spacial score (nSPS) is 11.9. The molecule has 0 bridgehead atoms. The van der Waals surface area contributed by atoms with Gasteiger partial charge in [-0.2, -0.15) is 0 Å². The number of hydrogen-bond donors (Lipinski definition) is 0. The van der Waals surface area contributed by atoms with E-state index in [0.29, 0.717) is 5.78 Å². The summed E-state index contributed by atoms with van der Waals surface area (Å²) in [5, 5.41) is 15.2. The predicted molar refractivity (Wildman–Crippen MR) is 214 cm³/mol. The minimum atomic E-state index is 0.701. The van der Waals surface area contributed by atoms with Crippen LogP contribution in [0.15, 0.2) is 176 Å². The van der Waals surface area contributed by atoms with Crippen molar-refractivity contribution >= 4 is 70.4 Å². The van der Waals surface area contributed by atoms with Crippen molar-refractivity contribution in [2.24, 2.45) is 0 Å². The average Bonchev–Trinajstić information content (AvgIpc) is 3.63. The van der Waals surface area contributed by atoms with Crippen molar-refractivity contribution in [2.45, 2.75) is 0 Å². The van der Waals surface area contributed by atoms with Crippen LogP contribution in [0.2, 0.25) is 0 Å². The molecule has 0 aliphatic heterocycles. The van der Waals surface area contributed by atoms with Crippen molar-refractivity contribution in [2.75, 3.05) is 0 Å². The maximum Gasteiger partial charge on any atom is 0.234 e. The van der Waals surface area contributed by atoms with Gasteiger partial charge < -0.3 is 0 Å². The third kappa shape index (κ3) is 4.25. The first-order chi connectivity index (χ1) is 25.3. The molecular formula is C48H29N3. The Morgan fingerprint density at radius 1 is 0.392 bits per heavy atom. The van der Waals surface area contributed by atoms with Crippen LogP contribution in [0.25, 0.3) is 104 Å². The first-order valence-corrected chi connectivity index (χ1v) is 17.4. The molecular weight excluding hydrogens is 619 g/mol. The molecule has 11 aromatic rings. The molecule has 0 fully saturated rings. The Balaban J connectivity index is 1.08. The van der Waals surface area contributed by atoms with Gasteiger partial charge in [-0.15, -0.1) is 0 Å². The van der Waals surface area contributed by atoms with E-state index < -0.39 is 0 Å². The first-order valence-electron chi connectivity index (χ1n) is 17.4. The highest BCUT2D eigenvalue weighted by atomic mass is 15.1. The third-order valence-electron chi connectivity index (χ3n) is 10.7. The van der Waals surface area contributed by atoms with Gasteiger partial charge >= 0.3 is 0 Å². The molecule has 0 spiro atoms. The second-order valence-electron chi connectivity index (χ2n) is 13.4. The van der Waals surface area contributed by atoms with E-state index in [1.807, 2.05) is 16.7 Å². The van der Waals surface area contributed by atoms with Gasteiger partial charge in [-0.1, -0.05) is 146 Å². The summed E-state index contributed by atoms with van der Waals surface area (Å²) in [7, 11) is 0. The van der Waals surface area contributed by atoms with Crippen LogP contribution in [0.3, 0.4) is 0 Å². The molecule has 51 heavy (non-hydrogen) atoms. The van der Waals surface area contributed by atoms with Crippen LogP contribution in [0, 0.1) is 0 Å². The van der Waals surface area contributed by atoms with E-state index in [2.05, 4.69) is 163 Å². The molecule has 0 aliphatic rings. The van der Waals surface area contributed by atoms with Gasteiger partial charge in [0.2, 0.25) is 5.78 Å². The molecule has 236 valence electrons. The molecule has 0 saturated heterocycles. The Labute approximate surface area is 293 Å². The van der Waals surface area contributed by atoms with Gasteiger partial charge in [0, 0.05) is 24.2 Å². The fourth-order valence-corrected chi connectivity index (χ4v) is 8.32. The topological polar surface area (TPSA) is 30.2 Å². The monoisotopic (exact) mass is 647 g/mol. The number of nitrogens with zero attached hydrogens (tertiary/aromatic N) is 3. The minimum absolute atomic E-state index is 0.701. The zero-order valence-corrected chi connectivity index (χ0v) is 27.6. The van der Waals surface area contributed by atoms with Crippen molar-refractivity contribution in [3.63, 3.8) is 0 Å². The Bertz CT molecular complexity index is 3160. The van der Waals surface area contributed by atoms with Gasteiger partial charge in [0.1, 0.15) is 0 Å². The van der Waals surface area contributed by atoms with E-state index in [4.69, 9.17) is 4.98 Å². The highest BCUT2D eigenvalue weighted by Gasteiger charge is 2.15. The van der Waals surface area contributed by atoms with Crippen molar-refractivity contribution in [1.29, 1.82) is 0 Å². The molecule has 3 heteroatoms. The Morgan fingerprint density at radius 2 is 0.961 bits per heavy atom. The third-order valence-corrected chi connectivity index (χ3v) is 10.7. The molecule has 0 unspecified atom stereocenters. The lowest BCUT2D eigenvalue weighted by atomic mass is 9.89. The molecule has 9 aromatic carbocycles. The molecule has 0 amide bonds. The smallest absolute Gasteiger partial charge is 0.234 e. The van der Waals surface area contributed by atoms with Gasteiger partial charge in [0.25, 0.3) is 0 Å². The standard InChI is InChI=1S/C48H29N3/c1-2-11-37-36(10-1)35(24-25-41(37)45-29-51-27-7-26-49-48(51)50-45)31-18-16-30(17-19-31)34-22-23-40-43-15-6-9-33-21-20-32-8-5-14-42(46(32)47(33)43)38-12-3-4-13-39(38)44(40)28-34/h1-29H. The molecule has 2 heterocycles. The fourth-order valence-electron chi connectivity index (χ4n) is 8.32. The number of hydrogen-bond acceptors (Lipinski definition) is 2. The molecule has 0 N–H and O–H groups in total. The summed E-state index contributed by atoms with van der Waals surface area (Å²) in [6, 6.07) is 57.9. The SMILES string of the molecule is c1ccc2c(-c3cn4cccnc4n3)ccc(-c3ccc(-c4ccc5c(c4)c4ccccc4c4cccc6ccc7cccc5c7c64)cc3)c2c1. The lowest BCUT2D eigenvalue weighted by Gasteiger charge is -2.14. The minimum Gasteiger partial charge on any atom is -0.291 e. The number of rotatable bonds is 3. The summed E-state index contributed by atoms with van der Waals surface area (Å²) in [6.07, 6.45) is 5.82. The van der Waals surface area contributed by atoms with Crippen LogP contribution in [0.4, 0.5) is 0 Å². The van der Waals surface area contributed by atoms with Crippen LogP contribution in [-0.2, 0) is 0 Å². The Kier molecular flexibility index (Phi) is 5.96. The van der Waals surface area contributed by atoms with E-state index >= 15 is 0 Å². The first kappa shape index (κ1) is 28.0. The van der Waals surface area contributed by atoms with Gasteiger partial charge in [0.05, 0.1) is 5.69 Å². The van der Waals surface area contributed by atoms with Crippen LogP contribution in [-0.4, -0.2) is 14.4 Å². The number of imidazole rings is 1. The maximum atomic E-state index is 4.82. The summed E-state index contributed by atoms with van der Waals surface area (Å²) in [5.74, 6) is 0.701. The van der Waals surface area contributed by atoms with E-state index in [0.717, 1.165) is 11.3 Å². The average molecular weight is 648 g/mol. The Hall–Kier alpha value is -6.84. The van der Waals surface area contributed by atoms with E-state index in [1.165, 1.54) is 86.9 Å². The van der Waals surface area contributed by atoms with Gasteiger partial charge in [0.15, 0.2) is 0 Å². The lowest BCUT2D eigenvalue weighted by Crippen LogP contribution is -1.88. The van der Waals surface area contributed by atoms with Gasteiger partial charge in [-0.25, -0.2) is 9.97 Å². The fraction of sp³-hybridized carbons (Fsp3) is 0. The molecule has 11 rings (SSSR count). The Morgan fingerprint density at radius 3 is 1.67 bits per heavy atom. The van der Waals surface area contributed by atoms with E-state index in [-0.39, 0.29) is 0 Å². The van der Waals surface area contributed by atoms with Crippen molar-refractivity contribution < 1.29 is 0 Å². The second-order valence-corrected chi connectivity index (χ2v) is 13.4. The van der Waals surface area contributed by atoms with Crippen molar-refractivity contribution in [1.82, 2.24) is 14.4 Å². The summed E-state index contributed by atoms with van der Waals surface area (Å²) in [4.78, 5) is 9.25. The molecule has 3 nitrogen and oxygen atoms in total. The molecule has 2 aromatic heterocycles. The second kappa shape index (κ2) is 10.8. The van der Waals surface area contributed by atoms with Crippen LogP contribution < -0.4 is 0 Å². The molecule has 0 aliphatic carbocycles. The van der Waals surface area contributed by atoms with Crippen molar-refractivity contribution in [3.8, 4) is 33.5 Å². The van der Waals surface area contributed by atoms with Crippen LogP contribution in [0.1, 0.15) is 0 Å². The van der Waals surface area contributed by atoms with Crippen molar-refractivity contribution in [3.05, 3.63) is 176 Å². The zero-order chi connectivity index (χ0) is 33.5. The lowest BCUT2D eigenvalue weighted by molar-refractivity contribution is 1.11. The number of fused-ring (bicyclic) bond motifs is 7. The summed E-state index contributed by atoms with van der Waals surface area (Å²) < 4.78 is 1.97. The van der Waals surface area contributed by atoms with Crippen LogP contribution in [0.5, 0.6) is 0 Å². The number of aromatic nitrogens is 3. The largest absolute Gasteiger partial charge is 0.291 e. The molecule has 0 saturated carbocycles. The summed E-state index contributed by atoms with van der Waals surface area (Å²) >= 11 is 0. The number of benzene rings is 8. The highest BCUT2D eigenvalue weighted by Crippen LogP contribution is 2.41. The quantitative estimate of drug-likeness (QED) is 0.179. The molecule has 0 atom stereocenters. The van der Waals surface area contributed by atoms with Gasteiger partial charge in [-0.3, -0.25) is 4.40 Å². The summed E-state index contributed by atoms with van der Waals surface area (Å²) in [5.41, 5.74) is 6.81.